The summed E-state index contributed by atoms with van der Waals surface area (Å²) in [5.41, 5.74) is -0.0979. The van der Waals surface area contributed by atoms with Crippen molar-refractivity contribution in [1.29, 1.82) is 0 Å². The summed E-state index contributed by atoms with van der Waals surface area (Å²) < 4.78 is 28.9. The average Bonchev–Trinajstić information content (AvgIpc) is 3.26. The van der Waals surface area contributed by atoms with E-state index in [1.54, 1.807) is 7.11 Å². The highest BCUT2D eigenvalue weighted by molar-refractivity contribution is 7.91. The van der Waals surface area contributed by atoms with Gasteiger partial charge in [0, 0.05) is 31.2 Å². The van der Waals surface area contributed by atoms with Crippen LogP contribution in [0.1, 0.15) is 46.5 Å². The highest BCUT2D eigenvalue weighted by Gasteiger charge is 2.58. The minimum atomic E-state index is -2.83. The Hall–Kier alpha value is -0.820. The lowest BCUT2D eigenvalue weighted by molar-refractivity contribution is -0.176. The van der Waals surface area contributed by atoms with Crippen molar-refractivity contribution in [3.8, 4) is 0 Å². The second-order valence-electron chi connectivity index (χ2n) is 8.43. The third-order valence-electron chi connectivity index (χ3n) is 6.34. The van der Waals surface area contributed by atoms with Crippen LogP contribution in [-0.2, 0) is 14.6 Å². The molecular formula is C17H31N3O3S. The minimum absolute atomic E-state index is 0.0183. The zero-order valence-corrected chi connectivity index (χ0v) is 16.1. The number of sulfone groups is 1. The van der Waals surface area contributed by atoms with Gasteiger partial charge in [-0.2, -0.15) is 0 Å². The monoisotopic (exact) mass is 357 g/mol. The van der Waals surface area contributed by atoms with E-state index in [2.05, 4.69) is 31.4 Å². The van der Waals surface area contributed by atoms with Crippen molar-refractivity contribution in [2.75, 3.05) is 25.2 Å². The van der Waals surface area contributed by atoms with Crippen molar-refractivity contribution >= 4 is 15.8 Å². The number of aliphatic imine (C=N–C) groups is 1. The summed E-state index contributed by atoms with van der Waals surface area (Å²) in [6, 6.07) is 0.820. The quantitative estimate of drug-likeness (QED) is 0.573. The van der Waals surface area contributed by atoms with Gasteiger partial charge in [-0.05, 0) is 38.5 Å². The van der Waals surface area contributed by atoms with Gasteiger partial charge < -0.3 is 15.4 Å². The summed E-state index contributed by atoms with van der Waals surface area (Å²) in [7, 11) is -1.06. The fourth-order valence-electron chi connectivity index (χ4n) is 3.68. The zero-order valence-electron chi connectivity index (χ0n) is 15.3. The van der Waals surface area contributed by atoms with Crippen LogP contribution < -0.4 is 10.6 Å². The second kappa shape index (κ2) is 6.16. The Balaban J connectivity index is 1.61. The Bertz CT molecular complexity index is 613. The fourth-order valence-corrected chi connectivity index (χ4v) is 5.53. The molecule has 3 atom stereocenters. The van der Waals surface area contributed by atoms with E-state index in [-0.39, 0.29) is 22.7 Å². The third kappa shape index (κ3) is 3.57. The number of ether oxygens (including phenoxy) is 1. The van der Waals surface area contributed by atoms with E-state index in [1.807, 2.05) is 0 Å². The summed E-state index contributed by atoms with van der Waals surface area (Å²) in [4.78, 5) is 4.70. The van der Waals surface area contributed by atoms with Crippen LogP contribution in [0.15, 0.2) is 4.99 Å². The van der Waals surface area contributed by atoms with Crippen LogP contribution in [0.2, 0.25) is 0 Å². The van der Waals surface area contributed by atoms with Gasteiger partial charge >= 0.3 is 0 Å². The van der Waals surface area contributed by atoms with Crippen molar-refractivity contribution in [3.05, 3.63) is 0 Å². The Morgan fingerprint density at radius 2 is 1.92 bits per heavy atom. The van der Waals surface area contributed by atoms with E-state index in [1.165, 1.54) is 12.8 Å². The maximum absolute atomic E-state index is 11.6. The summed E-state index contributed by atoms with van der Waals surface area (Å²) in [6.45, 7) is 7.17. The second-order valence-corrected chi connectivity index (χ2v) is 10.7. The van der Waals surface area contributed by atoms with E-state index >= 15 is 0 Å². The Morgan fingerprint density at radius 1 is 1.21 bits per heavy atom. The SMILES string of the molecule is COC1(C)CC(NC(=NCC2CCS(=O)(=O)C2)NC2CC2)C1(C)C. The molecule has 7 heteroatoms. The molecule has 0 amide bonds. The van der Waals surface area contributed by atoms with Gasteiger partial charge in [0.1, 0.15) is 0 Å². The number of nitrogens with one attached hydrogen (secondary N) is 2. The number of methoxy groups -OCH3 is 1. The van der Waals surface area contributed by atoms with Crippen LogP contribution in [-0.4, -0.2) is 57.2 Å². The van der Waals surface area contributed by atoms with Crippen molar-refractivity contribution < 1.29 is 13.2 Å². The normalized spacial score (nSPS) is 37.8. The van der Waals surface area contributed by atoms with Crippen molar-refractivity contribution in [3.63, 3.8) is 0 Å². The lowest BCUT2D eigenvalue weighted by Gasteiger charge is -2.59. The molecule has 2 saturated carbocycles. The molecule has 0 aromatic carbocycles. The molecule has 0 aromatic heterocycles. The third-order valence-corrected chi connectivity index (χ3v) is 8.18. The smallest absolute Gasteiger partial charge is 0.191 e. The molecule has 3 fully saturated rings. The van der Waals surface area contributed by atoms with Crippen molar-refractivity contribution in [2.45, 2.75) is 64.1 Å². The molecule has 3 aliphatic rings. The molecule has 24 heavy (non-hydrogen) atoms. The number of hydrogen-bond donors (Lipinski definition) is 2. The van der Waals surface area contributed by atoms with E-state index < -0.39 is 9.84 Å². The summed E-state index contributed by atoms with van der Waals surface area (Å²) >= 11 is 0. The molecule has 1 heterocycles. The van der Waals surface area contributed by atoms with Crippen LogP contribution in [0, 0.1) is 11.3 Å². The van der Waals surface area contributed by atoms with Gasteiger partial charge in [-0.15, -0.1) is 0 Å². The largest absolute Gasteiger partial charge is 0.378 e. The first-order chi connectivity index (χ1) is 11.2. The molecule has 6 nitrogen and oxygen atoms in total. The van der Waals surface area contributed by atoms with E-state index in [0.717, 1.165) is 18.8 Å². The molecule has 3 rings (SSSR count). The van der Waals surface area contributed by atoms with E-state index in [0.29, 0.717) is 24.4 Å². The zero-order chi connectivity index (χ0) is 17.6. The predicted octanol–water partition coefficient (Wildman–Crippen LogP) is 1.32. The molecule has 0 spiro atoms. The van der Waals surface area contributed by atoms with Gasteiger partial charge in [0.15, 0.2) is 15.8 Å². The molecule has 3 unspecified atom stereocenters. The molecule has 0 aromatic rings. The maximum atomic E-state index is 11.6. The lowest BCUT2D eigenvalue weighted by Crippen LogP contribution is -2.69. The van der Waals surface area contributed by atoms with E-state index in [4.69, 9.17) is 9.73 Å². The number of hydrogen-bond acceptors (Lipinski definition) is 4. The van der Waals surface area contributed by atoms with Crippen molar-refractivity contribution in [1.82, 2.24) is 10.6 Å². The van der Waals surface area contributed by atoms with Gasteiger partial charge in [0.25, 0.3) is 0 Å². The van der Waals surface area contributed by atoms with Crippen molar-refractivity contribution in [2.24, 2.45) is 16.3 Å². The summed E-state index contributed by atoms with van der Waals surface area (Å²) in [6.07, 6.45) is 4.05. The molecule has 1 aliphatic heterocycles. The number of rotatable bonds is 5. The predicted molar refractivity (Wildman–Crippen MR) is 96.0 cm³/mol. The van der Waals surface area contributed by atoms with Gasteiger partial charge in [-0.25, -0.2) is 8.42 Å². The van der Waals surface area contributed by atoms with Gasteiger partial charge in [-0.3, -0.25) is 4.99 Å². The van der Waals surface area contributed by atoms with Gasteiger partial charge in [0.05, 0.1) is 17.1 Å². The van der Waals surface area contributed by atoms with Gasteiger partial charge in [0.2, 0.25) is 0 Å². The number of nitrogens with zero attached hydrogens (tertiary/aromatic N) is 1. The highest BCUT2D eigenvalue weighted by Crippen LogP contribution is 2.51. The molecule has 0 bridgehead atoms. The molecule has 138 valence electrons. The van der Waals surface area contributed by atoms with Crippen LogP contribution in [0.3, 0.4) is 0 Å². The highest BCUT2D eigenvalue weighted by atomic mass is 32.2. The maximum Gasteiger partial charge on any atom is 0.191 e. The first-order valence-corrected chi connectivity index (χ1v) is 10.8. The number of guanidine groups is 1. The van der Waals surface area contributed by atoms with Crippen LogP contribution >= 0.6 is 0 Å². The molecule has 1 saturated heterocycles. The molecule has 2 N–H and O–H groups in total. The fraction of sp³-hybridized carbons (Fsp3) is 0.941. The Kier molecular flexibility index (Phi) is 4.62. The molecule has 0 radical (unpaired) electrons. The van der Waals surface area contributed by atoms with Gasteiger partial charge in [-0.1, -0.05) is 13.8 Å². The lowest BCUT2D eigenvalue weighted by atomic mass is 9.56. The summed E-state index contributed by atoms with van der Waals surface area (Å²) in [5, 5.41) is 7.03. The minimum Gasteiger partial charge on any atom is -0.378 e. The van der Waals surface area contributed by atoms with Crippen LogP contribution in [0.4, 0.5) is 0 Å². The standard InChI is InChI=1S/C17H31N3O3S/c1-16(2)14(9-17(16,3)23-4)20-15(19-13-5-6-13)18-10-12-7-8-24(21,22)11-12/h12-14H,5-11H2,1-4H3,(H2,18,19,20). The Labute approximate surface area is 145 Å². The first-order valence-electron chi connectivity index (χ1n) is 8.98. The first kappa shape index (κ1) is 18.0. The van der Waals surface area contributed by atoms with E-state index in [9.17, 15) is 8.42 Å². The topological polar surface area (TPSA) is 79.8 Å². The summed E-state index contributed by atoms with van der Waals surface area (Å²) in [5.74, 6) is 1.59. The molecular weight excluding hydrogens is 326 g/mol. The Morgan fingerprint density at radius 3 is 2.42 bits per heavy atom. The van der Waals surface area contributed by atoms with Crippen LogP contribution in [0.5, 0.6) is 0 Å². The average molecular weight is 358 g/mol. The van der Waals surface area contributed by atoms with Crippen LogP contribution in [0.25, 0.3) is 0 Å². The molecule has 2 aliphatic carbocycles.